The molecule has 2 heterocycles. The van der Waals surface area contributed by atoms with Crippen molar-refractivity contribution in [3.05, 3.63) is 74.6 Å². The SMILES string of the molecule is CC(=O)c1ccc(N(C(=O)Cc2cccs2)[C@H](C(=O)NC2CCCCC2)c2cccs2)cc1. The van der Waals surface area contributed by atoms with Crippen molar-refractivity contribution in [3.63, 3.8) is 0 Å². The van der Waals surface area contributed by atoms with Crippen LogP contribution in [0.25, 0.3) is 0 Å². The van der Waals surface area contributed by atoms with E-state index in [4.69, 9.17) is 0 Å². The van der Waals surface area contributed by atoms with Gasteiger partial charge in [-0.15, -0.1) is 22.7 Å². The molecule has 1 fully saturated rings. The highest BCUT2D eigenvalue weighted by atomic mass is 32.1. The summed E-state index contributed by atoms with van der Waals surface area (Å²) in [6.45, 7) is 1.51. The minimum Gasteiger partial charge on any atom is -0.351 e. The van der Waals surface area contributed by atoms with Crippen LogP contribution >= 0.6 is 22.7 Å². The summed E-state index contributed by atoms with van der Waals surface area (Å²) in [6, 6.07) is 14.0. The first kappa shape index (κ1) is 23.4. The maximum atomic E-state index is 13.7. The number of thiophene rings is 2. The molecule has 0 spiro atoms. The minimum absolute atomic E-state index is 0.0390. The minimum atomic E-state index is -0.762. The van der Waals surface area contributed by atoms with E-state index in [1.54, 1.807) is 29.2 Å². The van der Waals surface area contributed by atoms with Crippen molar-refractivity contribution in [3.8, 4) is 0 Å². The van der Waals surface area contributed by atoms with Gasteiger partial charge in [-0.25, -0.2) is 0 Å². The van der Waals surface area contributed by atoms with Gasteiger partial charge < -0.3 is 5.32 Å². The number of hydrogen-bond acceptors (Lipinski definition) is 5. The highest BCUT2D eigenvalue weighted by Gasteiger charge is 2.34. The molecule has 4 rings (SSSR count). The van der Waals surface area contributed by atoms with Crippen molar-refractivity contribution in [1.29, 1.82) is 0 Å². The number of nitrogens with zero attached hydrogens (tertiary/aromatic N) is 1. The van der Waals surface area contributed by atoms with Crippen LogP contribution in [0, 0.1) is 0 Å². The molecule has 1 N–H and O–H groups in total. The van der Waals surface area contributed by atoms with Gasteiger partial charge in [-0.1, -0.05) is 31.4 Å². The van der Waals surface area contributed by atoms with Gasteiger partial charge in [0.15, 0.2) is 5.78 Å². The third-order valence-electron chi connectivity index (χ3n) is 6.00. The maximum Gasteiger partial charge on any atom is 0.248 e. The van der Waals surface area contributed by atoms with Gasteiger partial charge in [0.25, 0.3) is 0 Å². The van der Waals surface area contributed by atoms with Crippen molar-refractivity contribution < 1.29 is 14.4 Å². The Bertz CT molecular complexity index is 1070. The summed E-state index contributed by atoms with van der Waals surface area (Å²) < 4.78 is 0. The molecule has 1 saturated carbocycles. The fraction of sp³-hybridized carbons (Fsp3) is 0.346. The molecule has 5 nitrogen and oxygen atoms in total. The van der Waals surface area contributed by atoms with Crippen molar-refractivity contribution in [2.24, 2.45) is 0 Å². The molecule has 2 aromatic heterocycles. The summed E-state index contributed by atoms with van der Waals surface area (Å²) in [5, 5.41) is 7.10. The van der Waals surface area contributed by atoms with Gasteiger partial charge in [0.05, 0.1) is 6.42 Å². The van der Waals surface area contributed by atoms with Crippen molar-refractivity contribution in [2.45, 2.75) is 57.5 Å². The highest BCUT2D eigenvalue weighted by molar-refractivity contribution is 7.10. The number of Topliss-reactive ketones (excluding diaryl/α,β-unsaturated/α-hetero) is 1. The fourth-order valence-electron chi connectivity index (χ4n) is 4.29. The Morgan fingerprint density at radius 3 is 2.27 bits per heavy atom. The normalized spacial score (nSPS) is 15.1. The van der Waals surface area contributed by atoms with Gasteiger partial charge in [0, 0.05) is 27.0 Å². The molecule has 0 unspecified atom stereocenters. The molecule has 0 bridgehead atoms. The molecule has 33 heavy (non-hydrogen) atoms. The third kappa shape index (κ3) is 5.78. The summed E-state index contributed by atoms with van der Waals surface area (Å²) >= 11 is 3.00. The van der Waals surface area contributed by atoms with E-state index in [-0.39, 0.29) is 30.1 Å². The Balaban J connectivity index is 1.70. The van der Waals surface area contributed by atoms with Crippen LogP contribution in [0.5, 0.6) is 0 Å². The Labute approximate surface area is 202 Å². The Morgan fingerprint density at radius 1 is 0.970 bits per heavy atom. The predicted octanol–water partition coefficient (Wildman–Crippen LogP) is 5.78. The van der Waals surface area contributed by atoms with Crippen LogP contribution in [-0.2, 0) is 16.0 Å². The standard InChI is InChI=1S/C26H28N2O3S2/c1-18(29)19-11-13-21(14-12-19)28(24(30)17-22-9-5-15-32-22)25(23-10-6-16-33-23)26(31)27-20-7-3-2-4-8-20/h5-6,9-16,20,25H,2-4,7-8,17H2,1H3,(H,27,31)/t25-/m0/s1. The number of rotatable bonds is 8. The summed E-state index contributed by atoms with van der Waals surface area (Å²) in [4.78, 5) is 42.5. The number of benzene rings is 1. The first-order valence-corrected chi connectivity index (χ1v) is 13.1. The Kier molecular flexibility index (Phi) is 7.73. The average Bonchev–Trinajstić information content (AvgIpc) is 3.52. The summed E-state index contributed by atoms with van der Waals surface area (Å²) in [5.41, 5.74) is 1.18. The second-order valence-electron chi connectivity index (χ2n) is 8.38. The first-order valence-electron chi connectivity index (χ1n) is 11.3. The van der Waals surface area contributed by atoms with Gasteiger partial charge in [0.1, 0.15) is 6.04 Å². The number of hydrogen-bond donors (Lipinski definition) is 1. The number of nitrogens with one attached hydrogen (secondary N) is 1. The lowest BCUT2D eigenvalue weighted by Gasteiger charge is -2.33. The molecule has 0 radical (unpaired) electrons. The van der Waals surface area contributed by atoms with Gasteiger partial charge in [-0.05, 0) is 66.9 Å². The second-order valence-corrected chi connectivity index (χ2v) is 10.4. The van der Waals surface area contributed by atoms with E-state index in [2.05, 4.69) is 5.32 Å². The molecule has 1 aromatic carbocycles. The smallest absolute Gasteiger partial charge is 0.248 e. The van der Waals surface area contributed by atoms with E-state index in [0.717, 1.165) is 35.4 Å². The van der Waals surface area contributed by atoms with E-state index in [1.807, 2.05) is 35.0 Å². The summed E-state index contributed by atoms with van der Waals surface area (Å²) in [5.74, 6) is -0.340. The number of carbonyl (C=O) groups excluding carboxylic acids is 3. The molecule has 1 aliphatic carbocycles. The zero-order valence-electron chi connectivity index (χ0n) is 18.7. The monoisotopic (exact) mass is 480 g/mol. The van der Waals surface area contributed by atoms with E-state index in [1.165, 1.54) is 36.0 Å². The lowest BCUT2D eigenvalue weighted by atomic mass is 9.95. The van der Waals surface area contributed by atoms with Crippen LogP contribution in [0.2, 0.25) is 0 Å². The van der Waals surface area contributed by atoms with Crippen LogP contribution in [-0.4, -0.2) is 23.6 Å². The molecule has 0 aliphatic heterocycles. The molecule has 7 heteroatoms. The van der Waals surface area contributed by atoms with Crippen LogP contribution in [0.4, 0.5) is 5.69 Å². The molecule has 172 valence electrons. The Hall–Kier alpha value is -2.77. The largest absolute Gasteiger partial charge is 0.351 e. The summed E-state index contributed by atoms with van der Waals surface area (Å²) in [6.07, 6.45) is 5.59. The zero-order valence-corrected chi connectivity index (χ0v) is 20.3. The molecular formula is C26H28N2O3S2. The number of amides is 2. The van der Waals surface area contributed by atoms with E-state index < -0.39 is 6.04 Å². The average molecular weight is 481 g/mol. The van der Waals surface area contributed by atoms with Crippen LogP contribution < -0.4 is 10.2 Å². The van der Waals surface area contributed by atoms with Crippen LogP contribution in [0.15, 0.2) is 59.3 Å². The number of anilines is 1. The summed E-state index contributed by atoms with van der Waals surface area (Å²) in [7, 11) is 0. The lowest BCUT2D eigenvalue weighted by Crippen LogP contribution is -2.47. The number of carbonyl (C=O) groups is 3. The molecular weight excluding hydrogens is 452 g/mol. The predicted molar refractivity (Wildman–Crippen MR) is 134 cm³/mol. The van der Waals surface area contributed by atoms with Crippen molar-refractivity contribution >= 4 is 46.0 Å². The molecule has 0 saturated heterocycles. The van der Waals surface area contributed by atoms with Gasteiger partial charge in [-0.2, -0.15) is 0 Å². The highest BCUT2D eigenvalue weighted by Crippen LogP contribution is 2.32. The van der Waals surface area contributed by atoms with E-state index in [0.29, 0.717) is 11.3 Å². The molecule has 3 aromatic rings. The van der Waals surface area contributed by atoms with Crippen LogP contribution in [0.1, 0.15) is 65.2 Å². The van der Waals surface area contributed by atoms with Gasteiger partial charge >= 0.3 is 0 Å². The molecule has 1 atom stereocenters. The first-order chi connectivity index (χ1) is 16.0. The third-order valence-corrected chi connectivity index (χ3v) is 7.80. The van der Waals surface area contributed by atoms with Gasteiger partial charge in [0.2, 0.25) is 11.8 Å². The number of ketones is 1. The van der Waals surface area contributed by atoms with Crippen molar-refractivity contribution in [2.75, 3.05) is 4.90 Å². The fourth-order valence-corrected chi connectivity index (χ4v) is 5.80. The Morgan fingerprint density at radius 2 is 1.67 bits per heavy atom. The van der Waals surface area contributed by atoms with Gasteiger partial charge in [-0.3, -0.25) is 19.3 Å². The zero-order chi connectivity index (χ0) is 23.2. The quantitative estimate of drug-likeness (QED) is 0.416. The molecule has 1 aliphatic rings. The van der Waals surface area contributed by atoms with E-state index in [9.17, 15) is 14.4 Å². The lowest BCUT2D eigenvalue weighted by molar-refractivity contribution is -0.127. The second kappa shape index (κ2) is 10.9. The van der Waals surface area contributed by atoms with Crippen LogP contribution in [0.3, 0.4) is 0 Å². The molecule has 2 amide bonds. The van der Waals surface area contributed by atoms with E-state index >= 15 is 0 Å². The van der Waals surface area contributed by atoms with Crippen molar-refractivity contribution in [1.82, 2.24) is 5.32 Å². The topological polar surface area (TPSA) is 66.5 Å². The maximum absolute atomic E-state index is 13.7.